The molecule has 0 saturated carbocycles. The summed E-state index contributed by atoms with van der Waals surface area (Å²) in [4.78, 5) is 8.31. The van der Waals surface area contributed by atoms with Crippen LogP contribution in [0.25, 0.3) is 0 Å². The van der Waals surface area contributed by atoms with Crippen LogP contribution in [0.1, 0.15) is 32.2 Å². The van der Waals surface area contributed by atoms with Crippen LogP contribution in [0.2, 0.25) is 5.15 Å². The van der Waals surface area contributed by atoms with Crippen LogP contribution in [-0.2, 0) is 4.74 Å². The van der Waals surface area contributed by atoms with E-state index < -0.39 is 0 Å². The third-order valence-electron chi connectivity index (χ3n) is 1.75. The lowest BCUT2D eigenvalue weighted by Crippen LogP contribution is -2.07. The maximum Gasteiger partial charge on any atom is 0.158 e. The summed E-state index contributed by atoms with van der Waals surface area (Å²) in [5.74, 6) is 0.641. The van der Waals surface area contributed by atoms with Gasteiger partial charge in [-0.2, -0.15) is 0 Å². The fourth-order valence-electron chi connectivity index (χ4n) is 1.09. The number of rotatable bonds is 4. The molecule has 0 bridgehead atoms. The lowest BCUT2D eigenvalue weighted by molar-refractivity contribution is 0.0534. The molecule has 0 aromatic carbocycles. The van der Waals surface area contributed by atoms with Crippen LogP contribution >= 0.6 is 27.5 Å². The SMILES string of the molecule is CCOC(CC)c1ncc(Br)c(Cl)n1. The quantitative estimate of drug-likeness (QED) is 0.793. The molecular formula is C9H12BrClN2O. The Kier molecular flexibility index (Phi) is 4.78. The Morgan fingerprint density at radius 1 is 1.57 bits per heavy atom. The van der Waals surface area contributed by atoms with Crippen molar-refractivity contribution in [1.29, 1.82) is 0 Å². The van der Waals surface area contributed by atoms with Gasteiger partial charge in [-0.05, 0) is 29.3 Å². The summed E-state index contributed by atoms with van der Waals surface area (Å²) in [5, 5.41) is 0.424. The summed E-state index contributed by atoms with van der Waals surface area (Å²) >= 11 is 9.10. The van der Waals surface area contributed by atoms with Gasteiger partial charge in [0.25, 0.3) is 0 Å². The van der Waals surface area contributed by atoms with Crippen molar-refractivity contribution in [3.05, 3.63) is 21.6 Å². The van der Waals surface area contributed by atoms with Crippen molar-refractivity contribution in [2.45, 2.75) is 26.4 Å². The van der Waals surface area contributed by atoms with Crippen LogP contribution in [0.3, 0.4) is 0 Å². The van der Waals surface area contributed by atoms with Crippen molar-refractivity contribution in [2.24, 2.45) is 0 Å². The molecule has 1 aromatic rings. The van der Waals surface area contributed by atoms with Gasteiger partial charge in [0.2, 0.25) is 0 Å². The molecule has 0 spiro atoms. The van der Waals surface area contributed by atoms with Gasteiger partial charge < -0.3 is 4.74 Å². The third kappa shape index (κ3) is 2.90. The van der Waals surface area contributed by atoms with Gasteiger partial charge in [0.15, 0.2) is 5.82 Å². The van der Waals surface area contributed by atoms with E-state index in [0.29, 0.717) is 22.1 Å². The number of aromatic nitrogens is 2. The highest BCUT2D eigenvalue weighted by Crippen LogP contribution is 2.23. The molecule has 0 aliphatic carbocycles. The summed E-state index contributed by atoms with van der Waals surface area (Å²) in [7, 11) is 0. The molecule has 0 radical (unpaired) electrons. The van der Waals surface area contributed by atoms with Crippen LogP contribution in [0.5, 0.6) is 0 Å². The first kappa shape index (κ1) is 11.9. The Bertz CT molecular complexity index is 309. The Morgan fingerprint density at radius 3 is 2.79 bits per heavy atom. The highest BCUT2D eigenvalue weighted by molar-refractivity contribution is 9.10. The molecule has 0 amide bonds. The second-order valence-electron chi connectivity index (χ2n) is 2.72. The van der Waals surface area contributed by atoms with Crippen LogP contribution in [0.4, 0.5) is 0 Å². The fourth-order valence-corrected chi connectivity index (χ4v) is 1.42. The second kappa shape index (κ2) is 5.63. The van der Waals surface area contributed by atoms with Crippen LogP contribution in [0.15, 0.2) is 10.7 Å². The monoisotopic (exact) mass is 278 g/mol. The minimum Gasteiger partial charge on any atom is -0.371 e. The van der Waals surface area contributed by atoms with Crippen LogP contribution in [-0.4, -0.2) is 16.6 Å². The molecule has 0 aliphatic rings. The molecule has 78 valence electrons. The van der Waals surface area contributed by atoms with E-state index in [2.05, 4.69) is 25.9 Å². The molecule has 0 fully saturated rings. The van der Waals surface area contributed by atoms with Gasteiger partial charge in [-0.15, -0.1) is 0 Å². The van der Waals surface area contributed by atoms with E-state index in [4.69, 9.17) is 16.3 Å². The third-order valence-corrected chi connectivity index (χ3v) is 2.84. The van der Waals surface area contributed by atoms with E-state index in [9.17, 15) is 0 Å². The van der Waals surface area contributed by atoms with Crippen molar-refractivity contribution >= 4 is 27.5 Å². The summed E-state index contributed by atoms with van der Waals surface area (Å²) in [6.45, 7) is 4.62. The lowest BCUT2D eigenvalue weighted by Gasteiger charge is -2.13. The average molecular weight is 280 g/mol. The lowest BCUT2D eigenvalue weighted by atomic mass is 10.2. The summed E-state index contributed by atoms with van der Waals surface area (Å²) in [5.41, 5.74) is 0. The number of hydrogen-bond donors (Lipinski definition) is 0. The van der Waals surface area contributed by atoms with Gasteiger partial charge in [0.05, 0.1) is 4.47 Å². The first-order valence-electron chi connectivity index (χ1n) is 4.48. The second-order valence-corrected chi connectivity index (χ2v) is 3.93. The van der Waals surface area contributed by atoms with Crippen LogP contribution in [0, 0.1) is 0 Å². The molecule has 3 nitrogen and oxygen atoms in total. The molecule has 1 aromatic heterocycles. The average Bonchev–Trinajstić information content (AvgIpc) is 2.19. The Hall–Kier alpha value is -0.190. The predicted octanol–water partition coefficient (Wildman–Crippen LogP) is 3.38. The van der Waals surface area contributed by atoms with Gasteiger partial charge in [-0.25, -0.2) is 9.97 Å². The van der Waals surface area contributed by atoms with Gasteiger partial charge in [-0.1, -0.05) is 18.5 Å². The number of ether oxygens (including phenoxy) is 1. The van der Waals surface area contributed by atoms with Gasteiger partial charge in [0, 0.05) is 12.8 Å². The molecule has 1 heterocycles. The Labute approximate surface area is 97.0 Å². The minimum atomic E-state index is -0.0643. The smallest absolute Gasteiger partial charge is 0.158 e. The van der Waals surface area contributed by atoms with E-state index in [0.717, 1.165) is 6.42 Å². The summed E-state index contributed by atoms with van der Waals surface area (Å²) in [6, 6.07) is 0. The molecule has 14 heavy (non-hydrogen) atoms. The zero-order valence-electron chi connectivity index (χ0n) is 8.13. The van der Waals surface area contributed by atoms with Crippen molar-refractivity contribution in [2.75, 3.05) is 6.61 Å². The first-order valence-corrected chi connectivity index (χ1v) is 5.65. The first-order chi connectivity index (χ1) is 6.69. The number of halogens is 2. The molecule has 0 aliphatic heterocycles. The predicted molar refractivity (Wildman–Crippen MR) is 59.4 cm³/mol. The van der Waals surface area contributed by atoms with Crippen molar-refractivity contribution in [3.8, 4) is 0 Å². The molecular weight excluding hydrogens is 267 g/mol. The van der Waals surface area contributed by atoms with E-state index in [1.807, 2.05) is 13.8 Å². The summed E-state index contributed by atoms with van der Waals surface area (Å²) < 4.78 is 6.18. The Morgan fingerprint density at radius 2 is 2.29 bits per heavy atom. The molecule has 1 rings (SSSR count). The maximum absolute atomic E-state index is 5.86. The minimum absolute atomic E-state index is 0.0643. The zero-order valence-corrected chi connectivity index (χ0v) is 10.5. The molecule has 1 atom stereocenters. The molecule has 0 saturated heterocycles. The van der Waals surface area contributed by atoms with E-state index in [-0.39, 0.29) is 6.10 Å². The topological polar surface area (TPSA) is 35.0 Å². The van der Waals surface area contributed by atoms with Crippen LogP contribution < -0.4 is 0 Å². The van der Waals surface area contributed by atoms with E-state index >= 15 is 0 Å². The number of nitrogens with zero attached hydrogens (tertiary/aromatic N) is 2. The maximum atomic E-state index is 5.86. The van der Waals surface area contributed by atoms with E-state index in [1.54, 1.807) is 6.20 Å². The van der Waals surface area contributed by atoms with Crippen molar-refractivity contribution < 1.29 is 4.74 Å². The zero-order chi connectivity index (χ0) is 10.6. The molecule has 1 unspecified atom stereocenters. The number of hydrogen-bond acceptors (Lipinski definition) is 3. The van der Waals surface area contributed by atoms with Gasteiger partial charge in [0.1, 0.15) is 11.3 Å². The molecule has 5 heteroatoms. The van der Waals surface area contributed by atoms with Gasteiger partial charge >= 0.3 is 0 Å². The highest BCUT2D eigenvalue weighted by Gasteiger charge is 2.13. The normalized spacial score (nSPS) is 12.9. The van der Waals surface area contributed by atoms with Gasteiger partial charge in [-0.3, -0.25) is 0 Å². The van der Waals surface area contributed by atoms with Crippen molar-refractivity contribution in [1.82, 2.24) is 9.97 Å². The highest BCUT2D eigenvalue weighted by atomic mass is 79.9. The van der Waals surface area contributed by atoms with Crippen molar-refractivity contribution in [3.63, 3.8) is 0 Å². The van der Waals surface area contributed by atoms with E-state index in [1.165, 1.54) is 0 Å². The largest absolute Gasteiger partial charge is 0.371 e. The summed E-state index contributed by atoms with van der Waals surface area (Å²) in [6.07, 6.45) is 2.42. The molecule has 0 N–H and O–H groups in total. The standard InChI is InChI=1S/C9H12BrClN2O/c1-3-7(14-4-2)9-12-5-6(10)8(11)13-9/h5,7H,3-4H2,1-2H3. The fraction of sp³-hybridized carbons (Fsp3) is 0.556. The Balaban J connectivity index is 2.88.